The van der Waals surface area contributed by atoms with Crippen LogP contribution in [0.25, 0.3) is 10.8 Å². The Morgan fingerprint density at radius 2 is 1.68 bits per heavy atom. The van der Waals surface area contributed by atoms with E-state index in [-0.39, 0.29) is 0 Å². The summed E-state index contributed by atoms with van der Waals surface area (Å²) in [6.07, 6.45) is 8.32. The van der Waals surface area contributed by atoms with Crippen LogP contribution in [0.3, 0.4) is 0 Å². The fourth-order valence-electron chi connectivity index (χ4n) is 8.60. The van der Waals surface area contributed by atoms with Crippen LogP contribution in [-0.2, 0) is 11.8 Å². The first-order chi connectivity index (χ1) is 13.2. The second kappa shape index (κ2) is 5.87. The van der Waals surface area contributed by atoms with Gasteiger partial charge in [-0.25, -0.2) is 0 Å². The first-order valence-electron chi connectivity index (χ1n) is 11.7. The highest BCUT2D eigenvalue weighted by atomic mass is 14.7. The summed E-state index contributed by atoms with van der Waals surface area (Å²) < 4.78 is 0. The Morgan fingerprint density at radius 1 is 0.893 bits per heavy atom. The van der Waals surface area contributed by atoms with E-state index < -0.39 is 0 Å². The average molecular weight is 375 g/mol. The highest BCUT2D eigenvalue weighted by Crippen LogP contribution is 2.71. The average Bonchev–Trinajstić information content (AvgIpc) is 3.02. The number of rotatable bonds is 1. The minimum absolute atomic E-state index is 0.328. The van der Waals surface area contributed by atoms with E-state index in [0.29, 0.717) is 16.2 Å². The molecule has 5 rings (SSSR count). The molecule has 0 bridgehead atoms. The number of fused-ring (bicyclic) bond motifs is 7. The molecule has 0 nitrogen and oxygen atoms in total. The van der Waals surface area contributed by atoms with Crippen molar-refractivity contribution in [2.24, 2.45) is 28.6 Å². The Morgan fingerprint density at radius 3 is 2.43 bits per heavy atom. The van der Waals surface area contributed by atoms with Gasteiger partial charge < -0.3 is 0 Å². The molecular weight excluding hydrogens is 336 g/mol. The molecular formula is C28H38. The van der Waals surface area contributed by atoms with Crippen molar-refractivity contribution >= 4 is 10.8 Å². The predicted molar refractivity (Wildman–Crippen MR) is 121 cm³/mol. The van der Waals surface area contributed by atoms with Crippen molar-refractivity contribution in [3.05, 3.63) is 47.0 Å². The van der Waals surface area contributed by atoms with Gasteiger partial charge in [-0.3, -0.25) is 0 Å². The SMILES string of the molecule is Cc1cccc2c3c(ccc12)[C@]1(C)CC[C@@]2(C)[C@H](C(C)C)CC[C@@H]2[C@@]1(C)CC3. The van der Waals surface area contributed by atoms with Crippen molar-refractivity contribution in [1.29, 1.82) is 0 Å². The van der Waals surface area contributed by atoms with Crippen molar-refractivity contribution in [3.63, 3.8) is 0 Å². The Hall–Kier alpha value is -1.30. The quantitative estimate of drug-likeness (QED) is 0.477. The summed E-state index contributed by atoms with van der Waals surface area (Å²) in [5, 5.41) is 3.00. The van der Waals surface area contributed by atoms with Crippen molar-refractivity contribution in [1.82, 2.24) is 0 Å². The van der Waals surface area contributed by atoms with E-state index in [1.807, 2.05) is 0 Å². The second-order valence-electron chi connectivity index (χ2n) is 11.5. The molecule has 2 aromatic rings. The highest BCUT2D eigenvalue weighted by Gasteiger charge is 2.64. The molecule has 28 heavy (non-hydrogen) atoms. The third kappa shape index (κ3) is 2.13. The molecule has 0 heterocycles. The molecule has 5 atom stereocenters. The molecule has 0 unspecified atom stereocenters. The van der Waals surface area contributed by atoms with Gasteiger partial charge in [0.1, 0.15) is 0 Å². The van der Waals surface area contributed by atoms with Crippen LogP contribution >= 0.6 is 0 Å². The fraction of sp³-hybridized carbons (Fsp3) is 0.643. The van der Waals surface area contributed by atoms with Crippen LogP contribution in [0.1, 0.15) is 83.4 Å². The lowest BCUT2D eigenvalue weighted by Crippen LogP contribution is -2.57. The van der Waals surface area contributed by atoms with E-state index in [2.05, 4.69) is 71.9 Å². The predicted octanol–water partition coefficient (Wildman–Crippen LogP) is 7.84. The topological polar surface area (TPSA) is 0 Å². The number of benzene rings is 2. The van der Waals surface area contributed by atoms with E-state index >= 15 is 0 Å². The van der Waals surface area contributed by atoms with E-state index in [0.717, 1.165) is 17.8 Å². The maximum absolute atomic E-state index is 2.68. The molecule has 150 valence electrons. The van der Waals surface area contributed by atoms with Crippen LogP contribution in [0.4, 0.5) is 0 Å². The third-order valence-corrected chi connectivity index (χ3v) is 10.3. The molecule has 0 amide bonds. The van der Waals surface area contributed by atoms with Gasteiger partial charge in [0.05, 0.1) is 0 Å². The maximum Gasteiger partial charge on any atom is -0.00154 e. The number of hydrogen-bond acceptors (Lipinski definition) is 0. The van der Waals surface area contributed by atoms with Crippen LogP contribution in [-0.4, -0.2) is 0 Å². The Bertz CT molecular complexity index is 936. The van der Waals surface area contributed by atoms with Gasteiger partial charge in [0, 0.05) is 0 Å². The minimum Gasteiger partial charge on any atom is -0.0625 e. The molecule has 0 saturated heterocycles. The molecule has 0 spiro atoms. The van der Waals surface area contributed by atoms with Crippen molar-refractivity contribution in [3.8, 4) is 0 Å². The lowest BCUT2D eigenvalue weighted by molar-refractivity contribution is -0.0853. The molecule has 2 aromatic carbocycles. The van der Waals surface area contributed by atoms with Crippen molar-refractivity contribution in [2.75, 3.05) is 0 Å². The smallest absolute Gasteiger partial charge is 0.00154 e. The molecule has 0 heteroatoms. The zero-order chi connectivity index (χ0) is 19.9. The first-order valence-corrected chi connectivity index (χ1v) is 11.7. The molecule has 3 aliphatic carbocycles. The summed E-state index contributed by atoms with van der Waals surface area (Å²) in [4.78, 5) is 0. The van der Waals surface area contributed by atoms with Gasteiger partial charge in [0.2, 0.25) is 0 Å². The maximum atomic E-state index is 2.68. The summed E-state index contributed by atoms with van der Waals surface area (Å²) in [5.74, 6) is 2.62. The van der Waals surface area contributed by atoms with Gasteiger partial charge >= 0.3 is 0 Å². The standard InChI is InChI=1S/C28H38/c1-18(2)23-12-13-25-26(23,4)16-17-27(5)24-11-10-20-19(3)8-7-9-21(20)22(24)14-15-28(25,27)6/h7-11,18,23,25H,12-17H2,1-6H3/t23-,25-,26-,27-,28+/m0/s1. The minimum atomic E-state index is 0.328. The van der Waals surface area contributed by atoms with Crippen LogP contribution < -0.4 is 0 Å². The van der Waals surface area contributed by atoms with Gasteiger partial charge in [-0.1, -0.05) is 65.0 Å². The van der Waals surface area contributed by atoms with Crippen LogP contribution in [0.15, 0.2) is 30.3 Å². The van der Waals surface area contributed by atoms with Crippen LogP contribution in [0.5, 0.6) is 0 Å². The Labute approximate surface area is 172 Å². The van der Waals surface area contributed by atoms with Crippen LogP contribution in [0, 0.1) is 35.5 Å². The van der Waals surface area contributed by atoms with Crippen molar-refractivity contribution in [2.45, 2.75) is 85.5 Å². The van der Waals surface area contributed by atoms with Crippen LogP contribution in [0.2, 0.25) is 0 Å². The number of aryl methyl sites for hydroxylation is 2. The van der Waals surface area contributed by atoms with Gasteiger partial charge in [0.15, 0.2) is 0 Å². The molecule has 2 fully saturated rings. The van der Waals surface area contributed by atoms with E-state index in [4.69, 9.17) is 0 Å². The van der Waals surface area contributed by atoms with Gasteiger partial charge in [-0.15, -0.1) is 0 Å². The summed E-state index contributed by atoms with van der Waals surface area (Å²) in [7, 11) is 0. The second-order valence-corrected chi connectivity index (χ2v) is 11.5. The lowest BCUT2D eigenvalue weighted by atomic mass is 9.41. The van der Waals surface area contributed by atoms with Gasteiger partial charge in [-0.05, 0) is 107 Å². The highest BCUT2D eigenvalue weighted by molar-refractivity contribution is 5.90. The third-order valence-electron chi connectivity index (χ3n) is 10.3. The summed E-state index contributed by atoms with van der Waals surface area (Å²) in [5.41, 5.74) is 6.10. The molecule has 3 aliphatic rings. The molecule has 0 radical (unpaired) electrons. The summed E-state index contributed by atoms with van der Waals surface area (Å²) in [6, 6.07) is 11.9. The first kappa shape index (κ1) is 18.7. The van der Waals surface area contributed by atoms with Gasteiger partial charge in [-0.2, -0.15) is 0 Å². The van der Waals surface area contributed by atoms with Crippen molar-refractivity contribution < 1.29 is 0 Å². The molecule has 0 aromatic heterocycles. The Kier molecular flexibility index (Phi) is 3.92. The molecule has 0 aliphatic heterocycles. The van der Waals surface area contributed by atoms with E-state index in [1.54, 1.807) is 11.1 Å². The summed E-state index contributed by atoms with van der Waals surface area (Å²) >= 11 is 0. The normalized spacial score (nSPS) is 39.7. The fourth-order valence-corrected chi connectivity index (χ4v) is 8.60. The van der Waals surface area contributed by atoms with Gasteiger partial charge in [0.25, 0.3) is 0 Å². The molecule has 2 saturated carbocycles. The zero-order valence-corrected chi connectivity index (χ0v) is 18.9. The number of hydrogen-bond donors (Lipinski definition) is 0. The lowest BCUT2D eigenvalue weighted by Gasteiger charge is -2.63. The van der Waals surface area contributed by atoms with E-state index in [1.165, 1.54) is 54.9 Å². The summed E-state index contributed by atoms with van der Waals surface area (Å²) in [6.45, 7) is 15.2. The zero-order valence-electron chi connectivity index (χ0n) is 18.9. The largest absolute Gasteiger partial charge is 0.0625 e. The molecule has 0 N–H and O–H groups in total. The monoisotopic (exact) mass is 374 g/mol. The van der Waals surface area contributed by atoms with E-state index in [9.17, 15) is 0 Å². The Balaban J connectivity index is 1.66.